The molecule has 2 saturated heterocycles. The number of phenols is 1. The molecule has 2 N–H and O–H groups in total. The third-order valence-electron chi connectivity index (χ3n) is 5.62. The molecule has 1 aromatic carbocycles. The van der Waals surface area contributed by atoms with Gasteiger partial charge in [-0.05, 0) is 62.9 Å². The minimum Gasteiger partial charge on any atom is -0.507 e. The van der Waals surface area contributed by atoms with E-state index in [2.05, 4.69) is 17.1 Å². The zero-order chi connectivity index (χ0) is 18.0. The standard InChI is InChI=1S/C18H29N3O3S/c1-14-5-9-20(10-6-14)16-7-11-21(12-8-16)25(23,24)18-13-15(19-2)3-4-17(18)22/h3-4,13-14,16,19,22H,5-12H2,1-2H3. The van der Waals surface area contributed by atoms with E-state index in [-0.39, 0.29) is 10.6 Å². The Balaban J connectivity index is 1.67. The first-order chi connectivity index (χ1) is 11.9. The fraction of sp³-hybridized carbons (Fsp3) is 0.667. The van der Waals surface area contributed by atoms with Gasteiger partial charge in [0, 0.05) is 31.9 Å². The third kappa shape index (κ3) is 3.93. The maximum atomic E-state index is 12.9. The SMILES string of the molecule is CNc1ccc(O)c(S(=O)(=O)N2CCC(N3CCC(C)CC3)CC2)c1. The molecule has 0 amide bonds. The van der Waals surface area contributed by atoms with Gasteiger partial charge in [0.25, 0.3) is 0 Å². The molecule has 2 fully saturated rings. The molecule has 2 aliphatic rings. The predicted octanol–water partition coefficient (Wildman–Crippen LogP) is 2.32. The molecular weight excluding hydrogens is 338 g/mol. The first-order valence-electron chi connectivity index (χ1n) is 9.17. The summed E-state index contributed by atoms with van der Waals surface area (Å²) in [6.45, 7) is 5.59. The van der Waals surface area contributed by atoms with E-state index >= 15 is 0 Å². The number of likely N-dealkylation sites (tertiary alicyclic amines) is 1. The van der Waals surface area contributed by atoms with Crippen LogP contribution in [0.2, 0.25) is 0 Å². The smallest absolute Gasteiger partial charge is 0.246 e. The highest BCUT2D eigenvalue weighted by atomic mass is 32.2. The van der Waals surface area contributed by atoms with Crippen LogP contribution in [0.1, 0.15) is 32.6 Å². The zero-order valence-corrected chi connectivity index (χ0v) is 15.9. The Bertz CT molecular complexity index is 692. The van der Waals surface area contributed by atoms with Gasteiger partial charge in [-0.2, -0.15) is 4.31 Å². The number of sulfonamides is 1. The number of hydrogen-bond donors (Lipinski definition) is 2. The maximum absolute atomic E-state index is 12.9. The van der Waals surface area contributed by atoms with Crippen LogP contribution in [-0.2, 0) is 10.0 Å². The quantitative estimate of drug-likeness (QED) is 0.799. The molecule has 0 spiro atoms. The summed E-state index contributed by atoms with van der Waals surface area (Å²) in [6.07, 6.45) is 4.20. The lowest BCUT2D eigenvalue weighted by Crippen LogP contribution is -2.48. The van der Waals surface area contributed by atoms with Gasteiger partial charge in [-0.25, -0.2) is 8.42 Å². The lowest BCUT2D eigenvalue weighted by molar-refractivity contribution is 0.101. The minimum atomic E-state index is -3.66. The topological polar surface area (TPSA) is 72.9 Å². The minimum absolute atomic E-state index is 0.00963. The number of anilines is 1. The molecule has 0 saturated carbocycles. The molecule has 0 atom stereocenters. The lowest BCUT2D eigenvalue weighted by Gasteiger charge is -2.41. The van der Waals surface area contributed by atoms with Crippen LogP contribution in [0.3, 0.4) is 0 Å². The van der Waals surface area contributed by atoms with Crippen molar-refractivity contribution in [3.05, 3.63) is 18.2 Å². The summed E-state index contributed by atoms with van der Waals surface area (Å²) < 4.78 is 27.4. The predicted molar refractivity (Wildman–Crippen MR) is 99.4 cm³/mol. The van der Waals surface area contributed by atoms with Crippen LogP contribution < -0.4 is 5.32 Å². The summed E-state index contributed by atoms with van der Waals surface area (Å²) in [4.78, 5) is 2.52. The van der Waals surface area contributed by atoms with E-state index in [4.69, 9.17) is 0 Å². The molecule has 140 valence electrons. The van der Waals surface area contributed by atoms with Crippen molar-refractivity contribution in [2.75, 3.05) is 38.5 Å². The zero-order valence-electron chi connectivity index (χ0n) is 15.1. The average Bonchev–Trinajstić information content (AvgIpc) is 2.63. The van der Waals surface area contributed by atoms with Gasteiger partial charge in [0.2, 0.25) is 10.0 Å². The summed E-state index contributed by atoms with van der Waals surface area (Å²) in [5.41, 5.74) is 0.675. The average molecular weight is 368 g/mol. The van der Waals surface area contributed by atoms with Crippen LogP contribution in [0.5, 0.6) is 5.75 Å². The monoisotopic (exact) mass is 367 g/mol. The molecule has 2 aliphatic heterocycles. The van der Waals surface area contributed by atoms with Gasteiger partial charge in [-0.15, -0.1) is 0 Å². The second-order valence-electron chi connectivity index (χ2n) is 7.29. The van der Waals surface area contributed by atoms with Crippen molar-refractivity contribution in [1.82, 2.24) is 9.21 Å². The molecule has 3 rings (SSSR count). The Morgan fingerprint density at radius 1 is 1.08 bits per heavy atom. The Kier molecular flexibility index (Phi) is 5.55. The number of nitrogens with zero attached hydrogens (tertiary/aromatic N) is 2. The van der Waals surface area contributed by atoms with Gasteiger partial charge in [0.1, 0.15) is 10.6 Å². The van der Waals surface area contributed by atoms with Crippen molar-refractivity contribution in [2.24, 2.45) is 5.92 Å². The maximum Gasteiger partial charge on any atom is 0.246 e. The van der Waals surface area contributed by atoms with Gasteiger partial charge >= 0.3 is 0 Å². The van der Waals surface area contributed by atoms with Crippen LogP contribution in [0.15, 0.2) is 23.1 Å². The fourth-order valence-corrected chi connectivity index (χ4v) is 5.43. The second-order valence-corrected chi connectivity index (χ2v) is 9.19. The number of phenolic OH excluding ortho intramolecular Hbond substituents is 1. The van der Waals surface area contributed by atoms with Crippen LogP contribution in [0.25, 0.3) is 0 Å². The molecule has 6 nitrogen and oxygen atoms in total. The first-order valence-corrected chi connectivity index (χ1v) is 10.6. The number of benzene rings is 1. The van der Waals surface area contributed by atoms with Gasteiger partial charge in [0.05, 0.1) is 0 Å². The summed E-state index contributed by atoms with van der Waals surface area (Å²) >= 11 is 0. The molecule has 0 bridgehead atoms. The molecule has 25 heavy (non-hydrogen) atoms. The van der Waals surface area contributed by atoms with E-state index in [1.54, 1.807) is 13.1 Å². The lowest BCUT2D eigenvalue weighted by atomic mass is 9.95. The van der Waals surface area contributed by atoms with E-state index in [0.29, 0.717) is 24.8 Å². The van der Waals surface area contributed by atoms with Crippen LogP contribution >= 0.6 is 0 Å². The number of aromatic hydroxyl groups is 1. The van der Waals surface area contributed by atoms with E-state index in [1.807, 2.05) is 0 Å². The first kappa shape index (κ1) is 18.5. The number of rotatable bonds is 4. The van der Waals surface area contributed by atoms with Gasteiger partial charge < -0.3 is 15.3 Å². The van der Waals surface area contributed by atoms with Crippen LogP contribution in [0.4, 0.5) is 5.69 Å². The Morgan fingerprint density at radius 2 is 1.72 bits per heavy atom. The van der Waals surface area contributed by atoms with Crippen molar-refractivity contribution in [3.63, 3.8) is 0 Å². The summed E-state index contributed by atoms with van der Waals surface area (Å²) in [7, 11) is -1.93. The Morgan fingerprint density at radius 3 is 2.32 bits per heavy atom. The van der Waals surface area contributed by atoms with E-state index in [0.717, 1.165) is 31.8 Å². The molecule has 0 aromatic heterocycles. The molecule has 2 heterocycles. The second kappa shape index (κ2) is 7.51. The molecule has 0 aliphatic carbocycles. The molecule has 7 heteroatoms. The van der Waals surface area contributed by atoms with Gasteiger partial charge in [-0.3, -0.25) is 0 Å². The molecule has 1 aromatic rings. The highest BCUT2D eigenvalue weighted by Crippen LogP contribution is 2.31. The van der Waals surface area contributed by atoms with Crippen molar-refractivity contribution in [3.8, 4) is 5.75 Å². The summed E-state index contributed by atoms with van der Waals surface area (Å²) in [6, 6.07) is 5.08. The van der Waals surface area contributed by atoms with Crippen molar-refractivity contribution < 1.29 is 13.5 Å². The fourth-order valence-electron chi connectivity index (χ4n) is 3.86. The van der Waals surface area contributed by atoms with Crippen molar-refractivity contribution in [2.45, 2.75) is 43.5 Å². The largest absolute Gasteiger partial charge is 0.507 e. The van der Waals surface area contributed by atoms with Crippen LogP contribution in [0, 0.1) is 5.92 Å². The Labute approximate surface area is 150 Å². The third-order valence-corrected chi connectivity index (χ3v) is 7.55. The normalized spacial score (nSPS) is 22.2. The van der Waals surface area contributed by atoms with Crippen molar-refractivity contribution in [1.29, 1.82) is 0 Å². The summed E-state index contributed by atoms with van der Waals surface area (Å²) in [5, 5.41) is 13.0. The highest BCUT2D eigenvalue weighted by molar-refractivity contribution is 7.89. The highest BCUT2D eigenvalue weighted by Gasteiger charge is 2.33. The number of nitrogens with one attached hydrogen (secondary N) is 1. The number of hydrogen-bond acceptors (Lipinski definition) is 5. The van der Waals surface area contributed by atoms with E-state index in [1.165, 1.54) is 29.3 Å². The van der Waals surface area contributed by atoms with E-state index < -0.39 is 10.0 Å². The molecular formula is C18H29N3O3S. The van der Waals surface area contributed by atoms with E-state index in [9.17, 15) is 13.5 Å². The number of piperidine rings is 2. The molecule has 0 unspecified atom stereocenters. The van der Waals surface area contributed by atoms with Gasteiger partial charge in [0.15, 0.2) is 0 Å². The molecule has 0 radical (unpaired) electrons. The van der Waals surface area contributed by atoms with Gasteiger partial charge in [-0.1, -0.05) is 6.92 Å². The van der Waals surface area contributed by atoms with Crippen LogP contribution in [-0.4, -0.2) is 62.0 Å². The van der Waals surface area contributed by atoms with Crippen molar-refractivity contribution >= 4 is 15.7 Å². The summed E-state index contributed by atoms with van der Waals surface area (Å²) in [5.74, 6) is 0.616. The Hall–Kier alpha value is -1.31.